The highest BCUT2D eigenvalue weighted by Crippen LogP contribution is 2.41. The van der Waals surface area contributed by atoms with Crippen molar-refractivity contribution < 1.29 is 5.11 Å². The zero-order valence-electron chi connectivity index (χ0n) is 13.6. The molecule has 0 amide bonds. The minimum absolute atomic E-state index is 0.643. The predicted molar refractivity (Wildman–Crippen MR) is 92.2 cm³/mol. The number of fused-ring (bicyclic) bond motifs is 3. The number of hydrogen-bond donors (Lipinski definition) is 2. The number of rotatable bonds is 2. The molecular formula is C20H17N3O. The van der Waals surface area contributed by atoms with Gasteiger partial charge in [0.2, 0.25) is 0 Å². The molecule has 0 atom stereocenters. The van der Waals surface area contributed by atoms with Crippen LogP contribution in [0.1, 0.15) is 36.1 Å². The fourth-order valence-electron chi connectivity index (χ4n) is 3.26. The molecule has 1 aliphatic rings. The van der Waals surface area contributed by atoms with Gasteiger partial charge in [0.1, 0.15) is 0 Å². The molecule has 1 aliphatic carbocycles. The predicted octanol–water partition coefficient (Wildman–Crippen LogP) is 3.75. The molecule has 4 nitrogen and oxygen atoms in total. The van der Waals surface area contributed by atoms with Gasteiger partial charge in [-0.3, -0.25) is 5.10 Å². The van der Waals surface area contributed by atoms with E-state index in [1.165, 1.54) is 11.1 Å². The molecule has 0 saturated carbocycles. The summed E-state index contributed by atoms with van der Waals surface area (Å²) in [5.74, 6) is 0. The molecule has 0 aliphatic heterocycles. The van der Waals surface area contributed by atoms with Gasteiger partial charge in [-0.25, -0.2) is 0 Å². The molecule has 0 unspecified atom stereocenters. The van der Waals surface area contributed by atoms with Gasteiger partial charge in [-0.05, 0) is 37.1 Å². The summed E-state index contributed by atoms with van der Waals surface area (Å²) in [6, 6.07) is 15.7. The van der Waals surface area contributed by atoms with Crippen molar-refractivity contribution in [1.82, 2.24) is 10.2 Å². The largest absolute Gasteiger partial charge is 0.386 e. The van der Waals surface area contributed by atoms with Gasteiger partial charge in [0.05, 0.1) is 28.6 Å². The van der Waals surface area contributed by atoms with Crippen LogP contribution in [0.2, 0.25) is 0 Å². The maximum atomic E-state index is 10.2. The summed E-state index contributed by atoms with van der Waals surface area (Å²) in [5, 5.41) is 26.8. The van der Waals surface area contributed by atoms with Gasteiger partial charge in [0, 0.05) is 23.1 Å². The number of nitriles is 1. The first-order valence-electron chi connectivity index (χ1n) is 7.91. The van der Waals surface area contributed by atoms with E-state index < -0.39 is 5.60 Å². The molecule has 2 N–H and O–H groups in total. The van der Waals surface area contributed by atoms with Crippen LogP contribution in [-0.2, 0) is 12.0 Å². The SMILES string of the molecule is CC(C)(O)c1ccc2c(c1)Cc1c(-c3ccc(C#N)cc3)n[nH]c1-2. The van der Waals surface area contributed by atoms with Gasteiger partial charge < -0.3 is 5.11 Å². The maximum absolute atomic E-state index is 10.2. The third kappa shape index (κ3) is 2.22. The Morgan fingerprint density at radius 3 is 2.58 bits per heavy atom. The highest BCUT2D eigenvalue weighted by atomic mass is 16.3. The minimum Gasteiger partial charge on any atom is -0.386 e. The lowest BCUT2D eigenvalue weighted by Crippen LogP contribution is -2.15. The number of nitrogens with one attached hydrogen (secondary N) is 1. The number of benzene rings is 2. The van der Waals surface area contributed by atoms with Gasteiger partial charge in [-0.15, -0.1) is 0 Å². The van der Waals surface area contributed by atoms with E-state index in [-0.39, 0.29) is 0 Å². The second kappa shape index (κ2) is 5.05. The zero-order valence-corrected chi connectivity index (χ0v) is 13.6. The summed E-state index contributed by atoms with van der Waals surface area (Å²) < 4.78 is 0. The molecule has 0 saturated heterocycles. The summed E-state index contributed by atoms with van der Waals surface area (Å²) in [4.78, 5) is 0. The smallest absolute Gasteiger partial charge is 0.0991 e. The summed E-state index contributed by atoms with van der Waals surface area (Å²) >= 11 is 0. The number of H-pyrrole nitrogens is 1. The van der Waals surface area contributed by atoms with E-state index in [1.807, 2.05) is 30.3 Å². The van der Waals surface area contributed by atoms with Crippen LogP contribution in [0.4, 0.5) is 0 Å². The third-order valence-electron chi connectivity index (χ3n) is 4.60. The lowest BCUT2D eigenvalue weighted by molar-refractivity contribution is 0.0785. The van der Waals surface area contributed by atoms with E-state index in [4.69, 9.17) is 5.26 Å². The number of hydrogen-bond acceptors (Lipinski definition) is 3. The first-order valence-corrected chi connectivity index (χ1v) is 7.91. The van der Waals surface area contributed by atoms with Crippen molar-refractivity contribution >= 4 is 0 Å². The van der Waals surface area contributed by atoms with Crippen molar-refractivity contribution in [3.63, 3.8) is 0 Å². The van der Waals surface area contributed by atoms with Gasteiger partial charge >= 0.3 is 0 Å². The fraction of sp³-hybridized carbons (Fsp3) is 0.200. The number of nitrogens with zero attached hydrogens (tertiary/aromatic N) is 2. The lowest BCUT2D eigenvalue weighted by atomic mass is 9.94. The van der Waals surface area contributed by atoms with E-state index in [2.05, 4.69) is 28.4 Å². The van der Waals surface area contributed by atoms with Crippen LogP contribution in [-0.4, -0.2) is 15.3 Å². The van der Waals surface area contributed by atoms with Crippen LogP contribution in [0, 0.1) is 11.3 Å². The second-order valence-corrected chi connectivity index (χ2v) is 6.72. The van der Waals surface area contributed by atoms with E-state index in [9.17, 15) is 5.11 Å². The van der Waals surface area contributed by atoms with Crippen LogP contribution in [0.25, 0.3) is 22.5 Å². The fourth-order valence-corrected chi connectivity index (χ4v) is 3.26. The van der Waals surface area contributed by atoms with E-state index in [0.29, 0.717) is 5.56 Å². The van der Waals surface area contributed by atoms with Crippen molar-refractivity contribution in [1.29, 1.82) is 5.26 Å². The molecule has 1 aromatic heterocycles. The molecule has 0 spiro atoms. The third-order valence-corrected chi connectivity index (χ3v) is 4.60. The van der Waals surface area contributed by atoms with Crippen molar-refractivity contribution in [2.24, 2.45) is 0 Å². The molecule has 118 valence electrons. The second-order valence-electron chi connectivity index (χ2n) is 6.72. The Hall–Kier alpha value is -2.90. The molecule has 4 rings (SSSR count). The number of aliphatic hydroxyl groups is 1. The Morgan fingerprint density at radius 1 is 1.17 bits per heavy atom. The Kier molecular flexibility index (Phi) is 3.09. The highest BCUT2D eigenvalue weighted by Gasteiger charge is 2.27. The van der Waals surface area contributed by atoms with Crippen LogP contribution < -0.4 is 0 Å². The zero-order chi connectivity index (χ0) is 16.9. The Labute approximate surface area is 140 Å². The average molecular weight is 315 g/mol. The molecule has 0 radical (unpaired) electrons. The maximum Gasteiger partial charge on any atom is 0.0991 e. The first-order chi connectivity index (χ1) is 11.5. The van der Waals surface area contributed by atoms with Crippen LogP contribution in [0.5, 0.6) is 0 Å². The van der Waals surface area contributed by atoms with Gasteiger partial charge in [-0.1, -0.05) is 30.3 Å². The average Bonchev–Trinajstić information content (AvgIpc) is 3.12. The van der Waals surface area contributed by atoms with Crippen molar-refractivity contribution in [3.8, 4) is 28.6 Å². The molecule has 0 fully saturated rings. The van der Waals surface area contributed by atoms with Crippen molar-refractivity contribution in [2.75, 3.05) is 0 Å². The Bertz CT molecular complexity index is 970. The van der Waals surface area contributed by atoms with Crippen LogP contribution >= 0.6 is 0 Å². The van der Waals surface area contributed by atoms with Crippen molar-refractivity contribution in [3.05, 3.63) is 64.7 Å². The Morgan fingerprint density at radius 2 is 1.92 bits per heavy atom. The van der Waals surface area contributed by atoms with Gasteiger partial charge in [0.15, 0.2) is 0 Å². The summed E-state index contributed by atoms with van der Waals surface area (Å²) in [6.45, 7) is 3.60. The van der Waals surface area contributed by atoms with Gasteiger partial charge in [0.25, 0.3) is 0 Å². The number of aromatic amines is 1. The molecule has 0 bridgehead atoms. The van der Waals surface area contributed by atoms with Crippen molar-refractivity contribution in [2.45, 2.75) is 25.9 Å². The van der Waals surface area contributed by atoms with E-state index in [0.717, 1.165) is 34.5 Å². The van der Waals surface area contributed by atoms with E-state index in [1.54, 1.807) is 13.8 Å². The summed E-state index contributed by atoms with van der Waals surface area (Å²) in [5.41, 5.74) is 7.20. The highest BCUT2D eigenvalue weighted by molar-refractivity contribution is 5.81. The molecule has 1 heterocycles. The first kappa shape index (κ1) is 14.7. The monoisotopic (exact) mass is 315 g/mol. The minimum atomic E-state index is -0.848. The summed E-state index contributed by atoms with van der Waals surface area (Å²) in [6.07, 6.45) is 0.792. The normalized spacial score (nSPS) is 12.6. The van der Waals surface area contributed by atoms with Crippen LogP contribution in [0.15, 0.2) is 42.5 Å². The Balaban J connectivity index is 1.76. The molecular weight excluding hydrogens is 298 g/mol. The topological polar surface area (TPSA) is 72.7 Å². The molecule has 2 aromatic carbocycles. The number of aromatic nitrogens is 2. The molecule has 4 heteroatoms. The molecule has 3 aromatic rings. The van der Waals surface area contributed by atoms with Crippen LogP contribution in [0.3, 0.4) is 0 Å². The lowest BCUT2D eigenvalue weighted by Gasteiger charge is -2.18. The quantitative estimate of drug-likeness (QED) is 0.592. The van der Waals surface area contributed by atoms with E-state index >= 15 is 0 Å². The molecule has 24 heavy (non-hydrogen) atoms. The van der Waals surface area contributed by atoms with Gasteiger partial charge in [-0.2, -0.15) is 10.4 Å². The standard InChI is InChI=1S/C20H17N3O/c1-20(2,24)15-7-8-16-14(9-15)10-17-18(22-23-19(16)17)13-5-3-12(11-21)4-6-13/h3-9,24H,10H2,1-2H3,(H,22,23). The summed E-state index contributed by atoms with van der Waals surface area (Å²) in [7, 11) is 0.